The van der Waals surface area contributed by atoms with E-state index in [4.69, 9.17) is 19.5 Å². The summed E-state index contributed by atoms with van der Waals surface area (Å²) < 4.78 is 27.1. The van der Waals surface area contributed by atoms with E-state index in [0.29, 0.717) is 11.1 Å². The van der Waals surface area contributed by atoms with Crippen molar-refractivity contribution in [1.29, 1.82) is 0 Å². The van der Waals surface area contributed by atoms with Crippen molar-refractivity contribution in [3.8, 4) is 16.9 Å². The first-order chi connectivity index (χ1) is 19.1. The summed E-state index contributed by atoms with van der Waals surface area (Å²) in [4.78, 5) is 47.1. The Bertz CT molecular complexity index is 1480. The first kappa shape index (κ1) is 27.4. The molecule has 2 aliphatic rings. The summed E-state index contributed by atoms with van der Waals surface area (Å²) in [6, 6.07) is 18.5. The second-order valence-corrected chi connectivity index (χ2v) is 11.0. The number of primary amides is 1. The van der Waals surface area contributed by atoms with E-state index in [1.54, 1.807) is 12.1 Å². The molecule has 1 heterocycles. The molecule has 3 atom stereocenters. The van der Waals surface area contributed by atoms with Crippen LogP contribution >= 0.6 is 7.82 Å². The number of phosphoric acid groups is 1. The minimum absolute atomic E-state index is 0.0194. The van der Waals surface area contributed by atoms with Crippen LogP contribution < -0.4 is 20.9 Å². The van der Waals surface area contributed by atoms with Gasteiger partial charge in [0.2, 0.25) is 11.8 Å². The molecule has 1 aliphatic heterocycles. The van der Waals surface area contributed by atoms with E-state index < -0.39 is 37.8 Å². The highest BCUT2D eigenvalue weighted by atomic mass is 31.2. The number of hydrogen-bond acceptors (Lipinski definition) is 7. The molecule has 0 saturated heterocycles. The highest BCUT2D eigenvalue weighted by Gasteiger charge is 2.32. The summed E-state index contributed by atoms with van der Waals surface area (Å²) in [5.41, 5.74) is 10.7. The number of amides is 3. The third-order valence-corrected chi connectivity index (χ3v) is 7.78. The Labute approximate surface area is 230 Å². The Hall–Kier alpha value is -4.18. The van der Waals surface area contributed by atoms with Gasteiger partial charge in [0.05, 0.1) is 6.61 Å². The second-order valence-electron chi connectivity index (χ2n) is 9.63. The molecule has 0 spiro atoms. The zero-order valence-corrected chi connectivity index (χ0v) is 22.4. The Balaban J connectivity index is 1.30. The Morgan fingerprint density at radius 3 is 2.35 bits per heavy atom. The van der Waals surface area contributed by atoms with Gasteiger partial charge in [-0.1, -0.05) is 54.6 Å². The Morgan fingerprint density at radius 2 is 1.70 bits per heavy atom. The number of nitrogens with two attached hydrogens (primary N) is 1. The number of rotatable bonds is 8. The van der Waals surface area contributed by atoms with E-state index in [2.05, 4.69) is 10.6 Å². The number of alkyl carbamates (subject to hydrolysis) is 1. The van der Waals surface area contributed by atoms with Gasteiger partial charge in [0.1, 0.15) is 24.4 Å². The lowest BCUT2D eigenvalue weighted by atomic mass is 9.98. The lowest BCUT2D eigenvalue weighted by molar-refractivity contribution is -0.128. The topological polar surface area (TPSA) is 166 Å². The largest absolute Gasteiger partial charge is 0.527 e. The van der Waals surface area contributed by atoms with Crippen LogP contribution in [0.15, 0.2) is 66.7 Å². The molecular formula is C28H28N3O8P. The van der Waals surface area contributed by atoms with Crippen molar-refractivity contribution in [2.45, 2.75) is 38.0 Å². The molecule has 3 amide bonds. The van der Waals surface area contributed by atoms with E-state index in [9.17, 15) is 23.8 Å². The molecule has 3 aromatic carbocycles. The third-order valence-electron chi connectivity index (χ3n) is 6.90. The monoisotopic (exact) mass is 565 g/mol. The van der Waals surface area contributed by atoms with E-state index >= 15 is 0 Å². The van der Waals surface area contributed by atoms with Crippen molar-refractivity contribution >= 4 is 25.7 Å². The average molecular weight is 566 g/mol. The molecule has 5 rings (SSSR count). The van der Waals surface area contributed by atoms with Crippen molar-refractivity contribution in [1.82, 2.24) is 10.6 Å². The molecule has 0 aromatic heterocycles. The summed E-state index contributed by atoms with van der Waals surface area (Å²) in [6.45, 7) is 1.33. The quantitative estimate of drug-likeness (QED) is 0.302. The van der Waals surface area contributed by atoms with Crippen LogP contribution in [0.5, 0.6) is 5.75 Å². The van der Waals surface area contributed by atoms with Crippen LogP contribution in [-0.2, 0) is 36.4 Å². The Kier molecular flexibility index (Phi) is 7.62. The predicted molar refractivity (Wildman–Crippen MR) is 144 cm³/mol. The van der Waals surface area contributed by atoms with Crippen LogP contribution in [0.4, 0.5) is 4.79 Å². The first-order valence-corrected chi connectivity index (χ1v) is 14.1. The smallest absolute Gasteiger partial charge is 0.449 e. The van der Waals surface area contributed by atoms with E-state index in [1.807, 2.05) is 48.5 Å². The number of fused-ring (bicyclic) bond motifs is 4. The minimum atomic E-state index is -4.16. The van der Waals surface area contributed by atoms with Crippen LogP contribution in [-0.4, -0.2) is 41.5 Å². The van der Waals surface area contributed by atoms with Crippen LogP contribution in [0.2, 0.25) is 0 Å². The SMILES string of the molecule is C[C@H](NC(=O)[C@H](Cc1ccc2c(c1)COP(=O)(O)O2)NC(=O)OCC1c2ccccc2-c2ccccc21)C(N)=O. The van der Waals surface area contributed by atoms with E-state index in [1.165, 1.54) is 13.0 Å². The van der Waals surface area contributed by atoms with Crippen molar-refractivity contribution in [2.24, 2.45) is 5.73 Å². The lowest BCUT2D eigenvalue weighted by Crippen LogP contribution is -2.53. The molecule has 208 valence electrons. The van der Waals surface area contributed by atoms with E-state index in [-0.39, 0.29) is 31.3 Å². The lowest BCUT2D eigenvalue weighted by Gasteiger charge is -2.23. The third kappa shape index (κ3) is 5.86. The van der Waals surface area contributed by atoms with Crippen molar-refractivity contribution < 1.29 is 37.6 Å². The van der Waals surface area contributed by atoms with Crippen molar-refractivity contribution in [2.75, 3.05) is 6.61 Å². The van der Waals surface area contributed by atoms with Crippen molar-refractivity contribution in [3.05, 3.63) is 89.0 Å². The zero-order valence-electron chi connectivity index (χ0n) is 21.5. The molecule has 5 N–H and O–H groups in total. The maximum atomic E-state index is 13.1. The fourth-order valence-electron chi connectivity index (χ4n) is 4.88. The molecule has 0 fully saturated rings. The average Bonchev–Trinajstić information content (AvgIpc) is 3.24. The molecule has 12 heteroatoms. The first-order valence-electron chi connectivity index (χ1n) is 12.6. The van der Waals surface area contributed by atoms with Crippen LogP contribution in [0.1, 0.15) is 35.1 Å². The number of nitrogens with one attached hydrogen (secondary N) is 2. The summed E-state index contributed by atoms with van der Waals surface area (Å²) >= 11 is 0. The molecule has 0 radical (unpaired) electrons. The van der Waals surface area contributed by atoms with Gasteiger partial charge in [0, 0.05) is 17.9 Å². The molecule has 0 bridgehead atoms. The molecule has 40 heavy (non-hydrogen) atoms. The number of phosphoric ester groups is 1. The summed E-state index contributed by atoms with van der Waals surface area (Å²) in [5.74, 6) is -1.34. The van der Waals surface area contributed by atoms with Crippen LogP contribution in [0.3, 0.4) is 0 Å². The molecule has 0 saturated carbocycles. The van der Waals surface area contributed by atoms with Gasteiger partial charge in [0.25, 0.3) is 0 Å². The molecule has 11 nitrogen and oxygen atoms in total. The van der Waals surface area contributed by atoms with Gasteiger partial charge in [-0.05, 0) is 46.9 Å². The number of hydrogen-bond donors (Lipinski definition) is 4. The maximum absolute atomic E-state index is 13.1. The van der Waals surface area contributed by atoms with Crippen LogP contribution in [0.25, 0.3) is 11.1 Å². The molecule has 3 aromatic rings. The highest BCUT2D eigenvalue weighted by molar-refractivity contribution is 7.47. The van der Waals surface area contributed by atoms with Gasteiger partial charge in [-0.25, -0.2) is 9.36 Å². The Morgan fingerprint density at radius 1 is 1.05 bits per heavy atom. The normalized spacial score (nSPS) is 18.8. The van der Waals surface area contributed by atoms with Gasteiger partial charge in [-0.3, -0.25) is 19.0 Å². The number of benzene rings is 3. The zero-order chi connectivity index (χ0) is 28.4. The number of carbonyl (C=O) groups is 3. The van der Waals surface area contributed by atoms with E-state index in [0.717, 1.165) is 22.3 Å². The van der Waals surface area contributed by atoms with Gasteiger partial charge < -0.3 is 25.6 Å². The highest BCUT2D eigenvalue weighted by Crippen LogP contribution is 2.50. The predicted octanol–water partition coefficient (Wildman–Crippen LogP) is 3.14. The minimum Gasteiger partial charge on any atom is -0.449 e. The van der Waals surface area contributed by atoms with Gasteiger partial charge in [-0.2, -0.15) is 0 Å². The standard InChI is InChI=1S/C28H28N3O8P/c1-16(26(29)32)30-27(33)24(13-17-10-11-25-18(12-17)14-38-40(35,36)39-25)31-28(34)37-15-23-21-8-4-2-6-19(21)20-7-3-5-9-22(20)23/h2-12,16,23-24H,13-15H2,1H3,(H2,29,32)(H,30,33)(H,31,34)(H,35,36)/t16-,24-/m0/s1. The van der Waals surface area contributed by atoms with Gasteiger partial charge >= 0.3 is 13.9 Å². The summed E-state index contributed by atoms with van der Waals surface area (Å²) in [5, 5.41) is 5.10. The summed E-state index contributed by atoms with van der Waals surface area (Å²) in [6.07, 6.45) is -0.787. The fraction of sp³-hybridized carbons (Fsp3) is 0.250. The van der Waals surface area contributed by atoms with Gasteiger partial charge in [-0.15, -0.1) is 0 Å². The van der Waals surface area contributed by atoms with Crippen molar-refractivity contribution in [3.63, 3.8) is 0 Å². The summed E-state index contributed by atoms with van der Waals surface area (Å²) in [7, 11) is -4.16. The molecular weight excluding hydrogens is 537 g/mol. The maximum Gasteiger partial charge on any atom is 0.527 e. The fourth-order valence-corrected chi connectivity index (χ4v) is 5.66. The molecule has 1 unspecified atom stereocenters. The van der Waals surface area contributed by atoms with Gasteiger partial charge in [0.15, 0.2) is 0 Å². The second kappa shape index (κ2) is 11.1. The number of carbonyl (C=O) groups excluding carboxylic acids is 3. The number of ether oxygens (including phenoxy) is 1. The molecule has 1 aliphatic carbocycles. The van der Waals surface area contributed by atoms with Crippen LogP contribution in [0, 0.1) is 0 Å².